The lowest BCUT2D eigenvalue weighted by molar-refractivity contribution is 0.0950. The van der Waals surface area contributed by atoms with E-state index in [0.717, 1.165) is 22.1 Å². The molecule has 0 spiro atoms. The van der Waals surface area contributed by atoms with Crippen LogP contribution in [0.25, 0.3) is 22.0 Å². The van der Waals surface area contributed by atoms with Crippen molar-refractivity contribution in [2.45, 2.75) is 13.5 Å². The second kappa shape index (κ2) is 8.16. The minimum atomic E-state index is -0.574. The Morgan fingerprint density at radius 3 is 2.70 bits per heavy atom. The Morgan fingerprint density at radius 1 is 1.17 bits per heavy atom. The van der Waals surface area contributed by atoms with Crippen LogP contribution < -0.4 is 10.1 Å². The fourth-order valence-electron chi connectivity index (χ4n) is 3.32. The summed E-state index contributed by atoms with van der Waals surface area (Å²) < 4.78 is 24.7. The molecule has 0 atom stereocenters. The highest BCUT2D eigenvalue weighted by Crippen LogP contribution is 2.33. The Balaban J connectivity index is 1.58. The van der Waals surface area contributed by atoms with Gasteiger partial charge in [0.1, 0.15) is 28.6 Å². The molecule has 4 rings (SSSR count). The Bertz CT molecular complexity index is 1230. The van der Waals surface area contributed by atoms with Crippen molar-refractivity contribution in [2.24, 2.45) is 0 Å². The van der Waals surface area contributed by atoms with Gasteiger partial charge in [-0.3, -0.25) is 4.79 Å². The third-order valence-electron chi connectivity index (χ3n) is 4.85. The van der Waals surface area contributed by atoms with Gasteiger partial charge in [-0.1, -0.05) is 41.0 Å². The van der Waals surface area contributed by atoms with Gasteiger partial charge in [-0.15, -0.1) is 0 Å². The molecule has 152 valence electrons. The summed E-state index contributed by atoms with van der Waals surface area (Å²) in [7, 11) is 1.63. The van der Waals surface area contributed by atoms with E-state index in [1.807, 2.05) is 36.4 Å². The summed E-state index contributed by atoms with van der Waals surface area (Å²) in [5.41, 5.74) is 1.20. The lowest BCUT2D eigenvalue weighted by Gasteiger charge is -2.09. The Kier molecular flexibility index (Phi) is 5.42. The molecule has 1 N–H and O–H groups in total. The summed E-state index contributed by atoms with van der Waals surface area (Å²) in [5.74, 6) is 0.0750. The zero-order chi connectivity index (χ0) is 21.3. The summed E-state index contributed by atoms with van der Waals surface area (Å²) >= 11 is 6.14. The molecular weight excluding hydrogens is 407 g/mol. The van der Waals surface area contributed by atoms with E-state index in [-0.39, 0.29) is 34.1 Å². The summed E-state index contributed by atoms with van der Waals surface area (Å²) in [6.45, 7) is 1.89. The van der Waals surface area contributed by atoms with Gasteiger partial charge in [-0.05, 0) is 53.6 Å². The minimum absolute atomic E-state index is 0.0424. The Labute approximate surface area is 177 Å². The molecule has 0 saturated heterocycles. The third-order valence-corrected chi connectivity index (χ3v) is 5.17. The molecule has 0 saturated carbocycles. The molecule has 0 bridgehead atoms. The standard InChI is InChI=1S/C23H18ClFN2O3/c1-13-20(22(27-30-13)21-18(24)4-3-5-19(21)25)23(28)26-12-14-6-7-16-11-17(29-2)9-8-15(16)10-14/h3-11H,12H2,1-2H3,(H,26,28). The van der Waals surface area contributed by atoms with Crippen LogP contribution in [-0.4, -0.2) is 18.2 Å². The van der Waals surface area contributed by atoms with Crippen LogP contribution in [0.1, 0.15) is 21.7 Å². The maximum absolute atomic E-state index is 14.3. The summed E-state index contributed by atoms with van der Waals surface area (Å²) in [4.78, 5) is 12.9. The fraction of sp³-hybridized carbons (Fsp3) is 0.130. The topological polar surface area (TPSA) is 64.4 Å². The summed E-state index contributed by atoms with van der Waals surface area (Å²) in [6, 6.07) is 16.0. The van der Waals surface area contributed by atoms with Crippen molar-refractivity contribution in [3.63, 3.8) is 0 Å². The highest BCUT2D eigenvalue weighted by atomic mass is 35.5. The number of rotatable bonds is 5. The van der Waals surface area contributed by atoms with Gasteiger partial charge in [0.15, 0.2) is 0 Å². The normalized spacial score (nSPS) is 10.9. The van der Waals surface area contributed by atoms with E-state index in [0.29, 0.717) is 0 Å². The van der Waals surface area contributed by atoms with Gasteiger partial charge in [-0.2, -0.15) is 0 Å². The first-order chi connectivity index (χ1) is 14.5. The first kappa shape index (κ1) is 19.9. The highest BCUT2D eigenvalue weighted by Gasteiger charge is 2.25. The van der Waals surface area contributed by atoms with Crippen LogP contribution in [0.3, 0.4) is 0 Å². The molecule has 30 heavy (non-hydrogen) atoms. The van der Waals surface area contributed by atoms with Crippen LogP contribution in [0.15, 0.2) is 59.1 Å². The maximum atomic E-state index is 14.3. The predicted octanol–water partition coefficient (Wildman–Crippen LogP) is 5.53. The van der Waals surface area contributed by atoms with Crippen LogP contribution in [0.2, 0.25) is 5.02 Å². The van der Waals surface area contributed by atoms with E-state index in [2.05, 4.69) is 10.5 Å². The number of carbonyl (C=O) groups is 1. The molecule has 3 aromatic carbocycles. The van der Waals surface area contributed by atoms with Gasteiger partial charge >= 0.3 is 0 Å². The number of nitrogens with one attached hydrogen (secondary N) is 1. The number of methoxy groups -OCH3 is 1. The highest BCUT2D eigenvalue weighted by molar-refractivity contribution is 6.33. The molecule has 7 heteroatoms. The lowest BCUT2D eigenvalue weighted by atomic mass is 10.0. The number of aromatic nitrogens is 1. The number of fused-ring (bicyclic) bond motifs is 1. The van der Waals surface area contributed by atoms with Gasteiger partial charge in [-0.25, -0.2) is 4.39 Å². The van der Waals surface area contributed by atoms with Crippen LogP contribution in [-0.2, 0) is 6.54 Å². The van der Waals surface area contributed by atoms with Crippen LogP contribution in [0, 0.1) is 12.7 Å². The third kappa shape index (κ3) is 3.74. The van der Waals surface area contributed by atoms with E-state index in [4.69, 9.17) is 20.9 Å². The fourth-order valence-corrected chi connectivity index (χ4v) is 3.57. The number of hydrogen-bond donors (Lipinski definition) is 1. The van der Waals surface area contributed by atoms with Crippen molar-refractivity contribution in [3.8, 4) is 17.0 Å². The van der Waals surface area contributed by atoms with Crippen LogP contribution in [0.5, 0.6) is 5.75 Å². The Hall–Kier alpha value is -3.38. The number of benzene rings is 3. The minimum Gasteiger partial charge on any atom is -0.497 e. The molecule has 1 amide bonds. The first-order valence-electron chi connectivity index (χ1n) is 9.23. The van der Waals surface area contributed by atoms with Crippen molar-refractivity contribution >= 4 is 28.3 Å². The first-order valence-corrected chi connectivity index (χ1v) is 9.61. The van der Waals surface area contributed by atoms with E-state index in [1.54, 1.807) is 14.0 Å². The average molecular weight is 425 g/mol. The van der Waals surface area contributed by atoms with E-state index in [1.165, 1.54) is 18.2 Å². The molecule has 0 radical (unpaired) electrons. The number of amides is 1. The largest absolute Gasteiger partial charge is 0.497 e. The molecule has 0 aliphatic carbocycles. The van der Waals surface area contributed by atoms with Crippen molar-refractivity contribution in [2.75, 3.05) is 7.11 Å². The predicted molar refractivity (Wildman–Crippen MR) is 113 cm³/mol. The smallest absolute Gasteiger partial charge is 0.257 e. The summed E-state index contributed by atoms with van der Waals surface area (Å²) in [6.07, 6.45) is 0. The maximum Gasteiger partial charge on any atom is 0.257 e. The number of ether oxygens (including phenoxy) is 1. The monoisotopic (exact) mass is 424 g/mol. The van der Waals surface area contributed by atoms with Crippen molar-refractivity contribution in [1.29, 1.82) is 0 Å². The molecule has 0 unspecified atom stereocenters. The zero-order valence-corrected chi connectivity index (χ0v) is 17.1. The van der Waals surface area contributed by atoms with Crippen molar-refractivity contribution in [3.05, 3.63) is 82.3 Å². The van der Waals surface area contributed by atoms with Crippen LogP contribution >= 0.6 is 11.6 Å². The second-order valence-corrected chi connectivity index (χ2v) is 7.20. The van der Waals surface area contributed by atoms with Crippen molar-refractivity contribution in [1.82, 2.24) is 10.5 Å². The van der Waals surface area contributed by atoms with E-state index in [9.17, 15) is 9.18 Å². The molecule has 1 heterocycles. The quantitative estimate of drug-likeness (QED) is 0.457. The van der Waals surface area contributed by atoms with Gasteiger partial charge in [0, 0.05) is 6.54 Å². The van der Waals surface area contributed by atoms with Gasteiger partial charge in [0.05, 0.1) is 17.7 Å². The lowest BCUT2D eigenvalue weighted by Crippen LogP contribution is -2.23. The van der Waals surface area contributed by atoms with Crippen molar-refractivity contribution < 1.29 is 18.4 Å². The SMILES string of the molecule is COc1ccc2cc(CNC(=O)c3c(-c4c(F)cccc4Cl)noc3C)ccc2c1. The number of aryl methyl sites for hydroxylation is 1. The molecular formula is C23H18ClFN2O3. The molecule has 0 fully saturated rings. The molecule has 5 nitrogen and oxygen atoms in total. The summed E-state index contributed by atoms with van der Waals surface area (Å²) in [5, 5.41) is 8.94. The molecule has 0 aliphatic heterocycles. The zero-order valence-electron chi connectivity index (χ0n) is 16.3. The average Bonchev–Trinajstić information content (AvgIpc) is 3.12. The molecule has 1 aromatic heterocycles. The van der Waals surface area contributed by atoms with Crippen LogP contribution in [0.4, 0.5) is 4.39 Å². The number of halogens is 2. The number of nitrogens with zero attached hydrogens (tertiary/aromatic N) is 1. The van der Waals surface area contributed by atoms with E-state index < -0.39 is 11.7 Å². The number of hydrogen-bond acceptors (Lipinski definition) is 4. The van der Waals surface area contributed by atoms with E-state index >= 15 is 0 Å². The van der Waals surface area contributed by atoms with Gasteiger partial charge in [0.2, 0.25) is 0 Å². The molecule has 0 aliphatic rings. The van der Waals surface area contributed by atoms with Gasteiger partial charge < -0.3 is 14.6 Å². The number of carbonyl (C=O) groups excluding carboxylic acids is 1. The molecule has 4 aromatic rings. The Morgan fingerprint density at radius 2 is 1.93 bits per heavy atom. The second-order valence-electron chi connectivity index (χ2n) is 6.79. The van der Waals surface area contributed by atoms with Gasteiger partial charge in [0.25, 0.3) is 5.91 Å².